The van der Waals surface area contributed by atoms with Gasteiger partial charge in [-0.05, 0) is 19.3 Å². The van der Waals surface area contributed by atoms with Gasteiger partial charge in [0.15, 0.2) is 5.75 Å². The highest BCUT2D eigenvalue weighted by atomic mass is 32.2. The van der Waals surface area contributed by atoms with Crippen molar-refractivity contribution in [2.24, 2.45) is 0 Å². The molecule has 1 aliphatic rings. The van der Waals surface area contributed by atoms with Crippen LogP contribution in [0.5, 0.6) is 0 Å². The summed E-state index contributed by atoms with van der Waals surface area (Å²) in [6.45, 7) is 0.282. The fourth-order valence-electron chi connectivity index (χ4n) is 1.77. The van der Waals surface area contributed by atoms with E-state index < -0.39 is 27.8 Å². The highest BCUT2D eigenvalue weighted by Crippen LogP contribution is 2.21. The van der Waals surface area contributed by atoms with Crippen molar-refractivity contribution in [3.63, 3.8) is 0 Å². The minimum Gasteiger partial charge on any atom is -0.468 e. The van der Waals surface area contributed by atoms with Crippen LogP contribution in [-0.4, -0.2) is 44.1 Å². The summed E-state index contributed by atoms with van der Waals surface area (Å²) in [7, 11) is -2.44. The number of carbonyl (C=O) groups is 1. The van der Waals surface area contributed by atoms with E-state index in [1.807, 2.05) is 0 Å². The minimum absolute atomic E-state index is 0.282. The Morgan fingerprint density at radius 3 is 2.81 bits per heavy atom. The Labute approximate surface area is 94.8 Å². The van der Waals surface area contributed by atoms with Crippen LogP contribution in [0, 0.1) is 11.3 Å². The highest BCUT2D eigenvalue weighted by Gasteiger charge is 2.37. The number of sulfonamides is 1. The van der Waals surface area contributed by atoms with Gasteiger partial charge < -0.3 is 4.74 Å². The van der Waals surface area contributed by atoms with Gasteiger partial charge in [0.1, 0.15) is 6.04 Å². The van der Waals surface area contributed by atoms with E-state index in [-0.39, 0.29) is 6.54 Å². The third-order valence-corrected chi connectivity index (χ3v) is 4.18. The van der Waals surface area contributed by atoms with Gasteiger partial charge in [-0.2, -0.15) is 9.57 Å². The molecule has 90 valence electrons. The van der Waals surface area contributed by atoms with Crippen molar-refractivity contribution in [2.75, 3.05) is 19.4 Å². The number of esters is 1. The van der Waals surface area contributed by atoms with Gasteiger partial charge in [0.2, 0.25) is 10.0 Å². The van der Waals surface area contributed by atoms with E-state index in [2.05, 4.69) is 4.74 Å². The largest absolute Gasteiger partial charge is 0.468 e. The van der Waals surface area contributed by atoms with Crippen LogP contribution < -0.4 is 0 Å². The molecule has 0 saturated carbocycles. The van der Waals surface area contributed by atoms with E-state index >= 15 is 0 Å². The van der Waals surface area contributed by atoms with Crippen molar-refractivity contribution in [1.82, 2.24) is 4.31 Å². The van der Waals surface area contributed by atoms with Gasteiger partial charge in [-0.1, -0.05) is 0 Å². The van der Waals surface area contributed by atoms with E-state index in [0.29, 0.717) is 12.8 Å². The minimum atomic E-state index is -3.67. The average Bonchev–Trinajstić information content (AvgIpc) is 2.28. The molecule has 0 bridgehead atoms. The zero-order chi connectivity index (χ0) is 12.2. The maximum Gasteiger partial charge on any atom is 0.324 e. The second-order valence-corrected chi connectivity index (χ2v) is 5.48. The lowest BCUT2D eigenvalue weighted by atomic mass is 10.1. The van der Waals surface area contributed by atoms with Crippen molar-refractivity contribution in [1.29, 1.82) is 5.26 Å². The fraction of sp³-hybridized carbons (Fsp3) is 0.778. The molecule has 1 rings (SSSR count). The molecule has 1 saturated heterocycles. The molecule has 0 aliphatic carbocycles. The van der Waals surface area contributed by atoms with Crippen LogP contribution in [0.2, 0.25) is 0 Å². The van der Waals surface area contributed by atoms with Crippen molar-refractivity contribution in [2.45, 2.75) is 25.3 Å². The van der Waals surface area contributed by atoms with Crippen molar-refractivity contribution >= 4 is 16.0 Å². The maximum absolute atomic E-state index is 11.7. The third-order valence-electron chi connectivity index (χ3n) is 2.53. The molecule has 1 aliphatic heterocycles. The van der Waals surface area contributed by atoms with E-state index in [9.17, 15) is 13.2 Å². The molecule has 0 radical (unpaired) electrons. The summed E-state index contributed by atoms with van der Waals surface area (Å²) in [6, 6.07) is 0.834. The lowest BCUT2D eigenvalue weighted by Crippen LogP contribution is -2.49. The highest BCUT2D eigenvalue weighted by molar-refractivity contribution is 7.89. The van der Waals surface area contributed by atoms with Gasteiger partial charge in [-0.3, -0.25) is 4.79 Å². The molecule has 7 heteroatoms. The Hall–Kier alpha value is -1.13. The molecular weight excluding hydrogens is 232 g/mol. The first-order valence-electron chi connectivity index (χ1n) is 4.97. The molecular formula is C9H14N2O4S. The number of nitriles is 1. The monoisotopic (exact) mass is 246 g/mol. The number of hydrogen-bond donors (Lipinski definition) is 0. The number of ether oxygens (including phenoxy) is 1. The Morgan fingerprint density at radius 2 is 2.25 bits per heavy atom. The van der Waals surface area contributed by atoms with Crippen LogP contribution in [0.25, 0.3) is 0 Å². The van der Waals surface area contributed by atoms with Gasteiger partial charge in [-0.25, -0.2) is 8.42 Å². The number of piperidine rings is 1. The lowest BCUT2D eigenvalue weighted by molar-refractivity contribution is -0.146. The van der Waals surface area contributed by atoms with Crippen molar-refractivity contribution < 1.29 is 17.9 Å². The van der Waals surface area contributed by atoms with Gasteiger partial charge in [0.05, 0.1) is 13.2 Å². The van der Waals surface area contributed by atoms with Crippen LogP contribution in [-0.2, 0) is 19.6 Å². The zero-order valence-electron chi connectivity index (χ0n) is 9.05. The molecule has 1 heterocycles. The molecule has 0 unspecified atom stereocenters. The molecule has 1 fully saturated rings. The van der Waals surface area contributed by atoms with Crippen LogP contribution >= 0.6 is 0 Å². The predicted octanol–water partition coefficient (Wildman–Crippen LogP) is -0.133. The van der Waals surface area contributed by atoms with Crippen LogP contribution in [0.3, 0.4) is 0 Å². The van der Waals surface area contributed by atoms with Crippen LogP contribution in [0.4, 0.5) is 0 Å². The van der Waals surface area contributed by atoms with Gasteiger partial charge in [0.25, 0.3) is 0 Å². The molecule has 0 amide bonds. The molecule has 6 nitrogen and oxygen atoms in total. The predicted molar refractivity (Wildman–Crippen MR) is 55.8 cm³/mol. The molecule has 16 heavy (non-hydrogen) atoms. The van der Waals surface area contributed by atoms with Crippen LogP contribution in [0.15, 0.2) is 0 Å². The third kappa shape index (κ3) is 2.71. The molecule has 0 aromatic heterocycles. The molecule has 1 atom stereocenters. The number of carbonyl (C=O) groups excluding carboxylic acids is 1. The summed E-state index contributed by atoms with van der Waals surface area (Å²) < 4.78 is 29.1. The maximum atomic E-state index is 11.7. The first kappa shape index (κ1) is 12.9. The quantitative estimate of drug-likeness (QED) is 0.647. The Kier molecular flexibility index (Phi) is 4.26. The number of rotatable bonds is 3. The van der Waals surface area contributed by atoms with E-state index in [1.54, 1.807) is 6.07 Å². The number of hydrogen-bond acceptors (Lipinski definition) is 5. The van der Waals surface area contributed by atoms with Crippen molar-refractivity contribution in [3.05, 3.63) is 0 Å². The second-order valence-electron chi connectivity index (χ2n) is 3.56. The molecule has 0 aromatic rings. The number of methoxy groups -OCH3 is 1. The normalized spacial score (nSPS) is 22.4. The van der Waals surface area contributed by atoms with Gasteiger partial charge in [-0.15, -0.1) is 0 Å². The van der Waals surface area contributed by atoms with Crippen molar-refractivity contribution in [3.8, 4) is 6.07 Å². The SMILES string of the molecule is COC(=O)[C@H]1CCCCN1S(=O)(=O)CC#N. The van der Waals surface area contributed by atoms with Crippen LogP contribution in [0.1, 0.15) is 19.3 Å². The fourth-order valence-corrected chi connectivity index (χ4v) is 3.09. The Balaban J connectivity index is 2.91. The standard InChI is InChI=1S/C9H14N2O4S/c1-15-9(12)8-4-2-3-6-11(8)16(13,14)7-5-10/h8H,2-4,6-7H2,1H3/t8-/m1/s1. The van der Waals surface area contributed by atoms with E-state index in [4.69, 9.17) is 5.26 Å². The summed E-state index contributed by atoms with van der Waals surface area (Å²) in [6.07, 6.45) is 1.95. The summed E-state index contributed by atoms with van der Waals surface area (Å²) in [5.74, 6) is -1.15. The Bertz CT molecular complexity index is 398. The first-order valence-corrected chi connectivity index (χ1v) is 6.58. The van der Waals surface area contributed by atoms with E-state index in [1.165, 1.54) is 7.11 Å². The van der Waals surface area contributed by atoms with E-state index in [0.717, 1.165) is 10.7 Å². The summed E-state index contributed by atoms with van der Waals surface area (Å²) in [5.41, 5.74) is 0. The molecule has 0 spiro atoms. The summed E-state index contributed by atoms with van der Waals surface area (Å²) >= 11 is 0. The Morgan fingerprint density at radius 1 is 1.56 bits per heavy atom. The van der Waals surface area contributed by atoms with Gasteiger partial charge in [0, 0.05) is 6.54 Å². The van der Waals surface area contributed by atoms with Gasteiger partial charge >= 0.3 is 5.97 Å². The summed E-state index contributed by atoms with van der Waals surface area (Å²) in [4.78, 5) is 11.4. The lowest BCUT2D eigenvalue weighted by Gasteiger charge is -2.31. The smallest absolute Gasteiger partial charge is 0.324 e. The molecule has 0 N–H and O–H groups in total. The zero-order valence-corrected chi connectivity index (χ0v) is 9.87. The average molecular weight is 246 g/mol. The first-order chi connectivity index (χ1) is 7.53. The second kappa shape index (κ2) is 5.27. The summed E-state index contributed by atoms with van der Waals surface area (Å²) in [5, 5.41) is 8.44. The topological polar surface area (TPSA) is 87.5 Å². The number of nitrogens with zero attached hydrogens (tertiary/aromatic N) is 2. The molecule has 0 aromatic carbocycles.